The molecule has 0 saturated heterocycles. The van der Waals surface area contributed by atoms with E-state index in [2.05, 4.69) is 41.5 Å². The van der Waals surface area contributed by atoms with Gasteiger partial charge >= 0.3 is 0 Å². The van der Waals surface area contributed by atoms with Gasteiger partial charge in [0.2, 0.25) is 0 Å². The maximum absolute atomic E-state index is 2.74. The number of rotatable bonds is 5. The number of fused-ring (bicyclic) bond motifs is 5. The molecule has 4 aliphatic rings. The number of hydrogen-bond donors (Lipinski definition) is 0. The summed E-state index contributed by atoms with van der Waals surface area (Å²) < 4.78 is 0. The Morgan fingerprint density at radius 3 is 2.18 bits per heavy atom. The third-order valence-electron chi connectivity index (χ3n) is 11.3. The van der Waals surface area contributed by atoms with Gasteiger partial charge < -0.3 is 0 Å². The van der Waals surface area contributed by atoms with Crippen LogP contribution in [-0.4, -0.2) is 0 Å². The van der Waals surface area contributed by atoms with E-state index in [-0.39, 0.29) is 0 Å². The highest BCUT2D eigenvalue weighted by atomic mass is 14.6. The molecular formula is C28H50. The summed E-state index contributed by atoms with van der Waals surface area (Å²) in [6.07, 6.45) is 18.4. The molecular weight excluding hydrogens is 336 g/mol. The predicted molar refractivity (Wildman–Crippen MR) is 122 cm³/mol. The fourth-order valence-corrected chi connectivity index (χ4v) is 9.84. The zero-order valence-electron chi connectivity index (χ0n) is 20.1. The second kappa shape index (κ2) is 7.92. The Balaban J connectivity index is 1.48. The Hall–Kier alpha value is 0. The summed E-state index contributed by atoms with van der Waals surface area (Å²) in [5.74, 6) is 8.25. The van der Waals surface area contributed by atoms with Gasteiger partial charge in [-0.2, -0.15) is 0 Å². The summed E-state index contributed by atoms with van der Waals surface area (Å²) in [5, 5.41) is 0. The van der Waals surface area contributed by atoms with Crippen LogP contribution in [0.4, 0.5) is 0 Å². The van der Waals surface area contributed by atoms with Crippen molar-refractivity contribution in [2.75, 3.05) is 0 Å². The van der Waals surface area contributed by atoms with Crippen molar-refractivity contribution in [3.8, 4) is 0 Å². The first kappa shape index (κ1) is 21.2. The predicted octanol–water partition coefficient (Wildman–Crippen LogP) is 8.74. The number of hydrogen-bond acceptors (Lipinski definition) is 0. The van der Waals surface area contributed by atoms with E-state index < -0.39 is 0 Å². The van der Waals surface area contributed by atoms with E-state index in [0.29, 0.717) is 10.8 Å². The topological polar surface area (TPSA) is 0 Å². The molecule has 0 amide bonds. The summed E-state index contributed by atoms with van der Waals surface area (Å²) in [6, 6.07) is 0. The highest BCUT2D eigenvalue weighted by Gasteiger charge is 2.58. The van der Waals surface area contributed by atoms with Crippen LogP contribution in [0.1, 0.15) is 119 Å². The quantitative estimate of drug-likeness (QED) is 0.443. The van der Waals surface area contributed by atoms with Crippen LogP contribution >= 0.6 is 0 Å². The van der Waals surface area contributed by atoms with E-state index in [1.165, 1.54) is 19.3 Å². The van der Waals surface area contributed by atoms with E-state index >= 15 is 0 Å². The van der Waals surface area contributed by atoms with Gasteiger partial charge in [0.05, 0.1) is 0 Å². The molecule has 28 heavy (non-hydrogen) atoms. The van der Waals surface area contributed by atoms with Crippen LogP contribution in [0, 0.1) is 58.2 Å². The molecule has 0 aromatic rings. The molecule has 162 valence electrons. The van der Waals surface area contributed by atoms with E-state index in [0.717, 1.165) is 47.3 Å². The van der Waals surface area contributed by atoms with Crippen molar-refractivity contribution in [2.24, 2.45) is 58.2 Å². The Kier molecular flexibility index (Phi) is 6.01. The van der Waals surface area contributed by atoms with Crippen LogP contribution in [0.2, 0.25) is 0 Å². The van der Waals surface area contributed by atoms with Gasteiger partial charge in [-0.15, -0.1) is 0 Å². The maximum atomic E-state index is 2.74. The van der Waals surface area contributed by atoms with Gasteiger partial charge in [0.15, 0.2) is 0 Å². The van der Waals surface area contributed by atoms with Crippen molar-refractivity contribution < 1.29 is 0 Å². The molecule has 4 saturated carbocycles. The van der Waals surface area contributed by atoms with Crippen molar-refractivity contribution in [3.63, 3.8) is 0 Å². The lowest BCUT2D eigenvalue weighted by molar-refractivity contribution is -0.0862. The Morgan fingerprint density at radius 2 is 1.50 bits per heavy atom. The fraction of sp³-hybridized carbons (Fsp3) is 1.00. The van der Waals surface area contributed by atoms with Crippen molar-refractivity contribution in [1.29, 1.82) is 0 Å². The molecule has 0 bridgehead atoms. The molecule has 0 radical (unpaired) electrons. The van der Waals surface area contributed by atoms with Gasteiger partial charge in [0.1, 0.15) is 0 Å². The van der Waals surface area contributed by atoms with Crippen molar-refractivity contribution in [2.45, 2.75) is 119 Å². The molecule has 4 fully saturated rings. The summed E-state index contributed by atoms with van der Waals surface area (Å²) in [7, 11) is 0. The second-order valence-corrected chi connectivity index (χ2v) is 12.7. The van der Waals surface area contributed by atoms with Gasteiger partial charge in [0.25, 0.3) is 0 Å². The third kappa shape index (κ3) is 3.41. The molecule has 0 aliphatic heterocycles. The van der Waals surface area contributed by atoms with E-state index in [1.54, 1.807) is 57.8 Å². The minimum atomic E-state index is 0.674. The fourth-order valence-electron chi connectivity index (χ4n) is 9.84. The molecule has 7 unspecified atom stereocenters. The van der Waals surface area contributed by atoms with Crippen LogP contribution < -0.4 is 0 Å². The molecule has 0 heterocycles. The first-order valence-corrected chi connectivity index (χ1v) is 13.3. The van der Waals surface area contributed by atoms with Crippen molar-refractivity contribution in [3.05, 3.63) is 0 Å². The van der Waals surface area contributed by atoms with Crippen LogP contribution in [0.15, 0.2) is 0 Å². The normalized spacial score (nSPS) is 46.0. The molecule has 0 nitrogen and oxygen atoms in total. The van der Waals surface area contributed by atoms with E-state index in [4.69, 9.17) is 0 Å². The van der Waals surface area contributed by atoms with Gasteiger partial charge in [-0.1, -0.05) is 54.4 Å². The highest BCUT2D eigenvalue weighted by Crippen LogP contribution is 2.66. The van der Waals surface area contributed by atoms with Crippen molar-refractivity contribution >= 4 is 0 Å². The van der Waals surface area contributed by atoms with Crippen molar-refractivity contribution in [1.82, 2.24) is 0 Å². The molecule has 0 N–H and O–H groups in total. The first-order valence-electron chi connectivity index (χ1n) is 13.3. The lowest BCUT2D eigenvalue weighted by Gasteiger charge is -2.58. The van der Waals surface area contributed by atoms with Gasteiger partial charge in [-0.05, 0) is 122 Å². The molecule has 0 heteroatoms. The molecule has 0 aromatic carbocycles. The van der Waals surface area contributed by atoms with Crippen LogP contribution in [0.3, 0.4) is 0 Å². The lowest BCUT2D eigenvalue weighted by atomic mass is 9.47. The summed E-state index contributed by atoms with van der Waals surface area (Å²) in [6.45, 7) is 15.1. The Morgan fingerprint density at radius 1 is 0.786 bits per heavy atom. The van der Waals surface area contributed by atoms with Crippen LogP contribution in [0.25, 0.3) is 0 Å². The lowest BCUT2D eigenvalue weighted by Crippen LogP contribution is -2.50. The minimum absolute atomic E-state index is 0.674. The van der Waals surface area contributed by atoms with Crippen LogP contribution in [0.5, 0.6) is 0 Å². The van der Waals surface area contributed by atoms with Gasteiger partial charge in [-0.25, -0.2) is 0 Å². The maximum Gasteiger partial charge on any atom is -0.0264 e. The third-order valence-corrected chi connectivity index (χ3v) is 11.3. The molecule has 4 aliphatic carbocycles. The molecule has 8 atom stereocenters. The smallest absolute Gasteiger partial charge is 0.0264 e. The van der Waals surface area contributed by atoms with E-state index in [9.17, 15) is 0 Å². The largest absolute Gasteiger partial charge is 0.0649 e. The average Bonchev–Trinajstić information content (AvgIpc) is 3.04. The zero-order valence-corrected chi connectivity index (χ0v) is 20.1. The van der Waals surface area contributed by atoms with Crippen LogP contribution in [-0.2, 0) is 0 Å². The second-order valence-electron chi connectivity index (χ2n) is 12.7. The Labute approximate surface area is 177 Å². The molecule has 4 rings (SSSR count). The summed E-state index contributed by atoms with van der Waals surface area (Å²) >= 11 is 0. The SMILES string of the molecule is CCC1(CC)CCC2C(CCC3C2CCC2(C)C3CCC2[C@H](C)CC(C)C)C1. The average molecular weight is 387 g/mol. The zero-order chi connectivity index (χ0) is 20.1. The minimum Gasteiger partial charge on any atom is -0.0649 e. The first-order chi connectivity index (χ1) is 13.3. The molecule has 0 aromatic heterocycles. The highest BCUT2D eigenvalue weighted by molar-refractivity contribution is 5.07. The monoisotopic (exact) mass is 386 g/mol. The Bertz CT molecular complexity index is 528. The van der Waals surface area contributed by atoms with Gasteiger partial charge in [0, 0.05) is 0 Å². The summed E-state index contributed by atoms with van der Waals surface area (Å²) in [5.41, 5.74) is 1.38. The van der Waals surface area contributed by atoms with Gasteiger partial charge in [-0.3, -0.25) is 0 Å². The van der Waals surface area contributed by atoms with E-state index in [1.807, 2.05) is 0 Å². The molecule has 0 spiro atoms. The standard InChI is InChI=1S/C28H50/c1-7-28(8-2)16-14-22-21(18-28)9-10-24-23(22)13-15-27(6)25(11-12-26(24)27)20(5)17-19(3)4/h19-26H,7-18H2,1-6H3/t20-,21?,22?,23?,24?,25?,26?,27?/m1/s1. The summed E-state index contributed by atoms with van der Waals surface area (Å²) in [4.78, 5) is 0.